The number of aromatic nitrogens is 2. The molecule has 1 saturated heterocycles. The van der Waals surface area contributed by atoms with E-state index in [4.69, 9.17) is 11.6 Å². The number of benzene rings is 2. The van der Waals surface area contributed by atoms with Crippen LogP contribution in [-0.2, 0) is 6.54 Å². The van der Waals surface area contributed by atoms with Gasteiger partial charge in [-0.1, -0.05) is 23.7 Å². The molecular weight excluding hydrogens is 407 g/mol. The van der Waals surface area contributed by atoms with Gasteiger partial charge in [-0.15, -0.1) is 0 Å². The maximum Gasteiger partial charge on any atom is 0.255 e. The summed E-state index contributed by atoms with van der Waals surface area (Å²) in [5.41, 5.74) is 1.94. The second-order valence-corrected chi connectivity index (χ2v) is 7.52. The van der Waals surface area contributed by atoms with Crippen molar-refractivity contribution in [2.75, 3.05) is 26.2 Å². The molecule has 8 heteroatoms. The van der Waals surface area contributed by atoms with Crippen LogP contribution in [0.25, 0.3) is 0 Å². The van der Waals surface area contributed by atoms with Crippen LogP contribution in [0.1, 0.15) is 26.3 Å². The standard InChI is InChI=1S/C22H20ClFN4O2/c23-20-14-18(24)6-7-19(20)22(30)27-12-10-26(11-13-27)21(29)17-4-2-16(3-5-17)15-28-9-1-8-25-28/h1-9,14H,10-13,15H2. The third kappa shape index (κ3) is 4.36. The zero-order valence-electron chi connectivity index (χ0n) is 16.2. The molecule has 0 bridgehead atoms. The lowest BCUT2D eigenvalue weighted by Gasteiger charge is -2.35. The number of rotatable bonds is 4. The lowest BCUT2D eigenvalue weighted by molar-refractivity contribution is 0.0535. The van der Waals surface area contributed by atoms with Gasteiger partial charge in [0.15, 0.2) is 0 Å². The number of halogens is 2. The summed E-state index contributed by atoms with van der Waals surface area (Å²) >= 11 is 6.00. The predicted molar refractivity (Wildman–Crippen MR) is 111 cm³/mol. The Morgan fingerprint density at radius 3 is 2.23 bits per heavy atom. The molecule has 3 aromatic rings. The topological polar surface area (TPSA) is 58.4 Å². The van der Waals surface area contributed by atoms with Crippen molar-refractivity contribution in [1.82, 2.24) is 19.6 Å². The molecule has 2 amide bonds. The van der Waals surface area contributed by atoms with Crippen molar-refractivity contribution in [2.45, 2.75) is 6.54 Å². The summed E-state index contributed by atoms with van der Waals surface area (Å²) < 4.78 is 15.0. The first kappa shape index (κ1) is 20.1. The van der Waals surface area contributed by atoms with Crippen molar-refractivity contribution in [3.63, 3.8) is 0 Å². The molecule has 2 aromatic carbocycles. The Hall–Kier alpha value is -3.19. The highest BCUT2D eigenvalue weighted by atomic mass is 35.5. The molecule has 0 unspecified atom stereocenters. The van der Waals surface area contributed by atoms with Crippen LogP contribution >= 0.6 is 11.6 Å². The number of carbonyl (C=O) groups is 2. The molecule has 1 aromatic heterocycles. The van der Waals surface area contributed by atoms with Crippen molar-refractivity contribution in [3.8, 4) is 0 Å². The molecule has 1 aliphatic rings. The monoisotopic (exact) mass is 426 g/mol. The van der Waals surface area contributed by atoms with Gasteiger partial charge in [-0.25, -0.2) is 4.39 Å². The molecule has 0 spiro atoms. The fourth-order valence-electron chi connectivity index (χ4n) is 3.46. The van der Waals surface area contributed by atoms with Crippen LogP contribution in [0.2, 0.25) is 5.02 Å². The van der Waals surface area contributed by atoms with Crippen molar-refractivity contribution in [3.05, 3.63) is 88.5 Å². The summed E-state index contributed by atoms with van der Waals surface area (Å²) in [4.78, 5) is 28.8. The molecule has 154 valence electrons. The van der Waals surface area contributed by atoms with E-state index >= 15 is 0 Å². The largest absolute Gasteiger partial charge is 0.335 e. The zero-order chi connectivity index (χ0) is 21.1. The highest BCUT2D eigenvalue weighted by Gasteiger charge is 2.26. The first-order chi connectivity index (χ1) is 14.5. The molecule has 1 aliphatic heterocycles. The first-order valence-corrected chi connectivity index (χ1v) is 9.99. The SMILES string of the molecule is O=C(c1ccc(Cn2cccn2)cc1)N1CCN(C(=O)c2ccc(F)cc2Cl)CC1. The van der Waals surface area contributed by atoms with E-state index in [1.165, 1.54) is 12.1 Å². The Morgan fingerprint density at radius 2 is 1.63 bits per heavy atom. The van der Waals surface area contributed by atoms with E-state index < -0.39 is 5.82 Å². The normalized spacial score (nSPS) is 14.1. The molecule has 0 atom stereocenters. The fraction of sp³-hybridized carbons (Fsp3) is 0.227. The van der Waals surface area contributed by atoms with Gasteiger partial charge in [-0.05, 0) is 42.0 Å². The Morgan fingerprint density at radius 1 is 0.967 bits per heavy atom. The lowest BCUT2D eigenvalue weighted by atomic mass is 10.1. The Labute approximate surface area is 178 Å². The van der Waals surface area contributed by atoms with Gasteiger partial charge in [0.2, 0.25) is 0 Å². The van der Waals surface area contributed by atoms with E-state index in [0.717, 1.165) is 11.6 Å². The van der Waals surface area contributed by atoms with E-state index in [9.17, 15) is 14.0 Å². The van der Waals surface area contributed by atoms with E-state index in [1.807, 2.05) is 41.2 Å². The van der Waals surface area contributed by atoms with E-state index in [1.54, 1.807) is 16.0 Å². The van der Waals surface area contributed by atoms with Gasteiger partial charge in [0, 0.05) is 44.1 Å². The second-order valence-electron chi connectivity index (χ2n) is 7.11. The molecule has 0 saturated carbocycles. The maximum absolute atomic E-state index is 13.2. The average Bonchev–Trinajstić information content (AvgIpc) is 3.26. The van der Waals surface area contributed by atoms with E-state index in [0.29, 0.717) is 38.3 Å². The quantitative estimate of drug-likeness (QED) is 0.643. The molecule has 0 N–H and O–H groups in total. The van der Waals surface area contributed by atoms with Crippen molar-refractivity contribution in [2.24, 2.45) is 0 Å². The summed E-state index contributed by atoms with van der Waals surface area (Å²) in [7, 11) is 0. The Kier molecular flexibility index (Phi) is 5.81. The van der Waals surface area contributed by atoms with Crippen molar-refractivity contribution in [1.29, 1.82) is 0 Å². The minimum Gasteiger partial charge on any atom is -0.335 e. The molecule has 4 rings (SSSR count). The average molecular weight is 427 g/mol. The lowest BCUT2D eigenvalue weighted by Crippen LogP contribution is -2.50. The molecule has 6 nitrogen and oxygen atoms in total. The molecule has 2 heterocycles. The number of piperazine rings is 1. The second kappa shape index (κ2) is 8.67. The van der Waals surface area contributed by atoms with Crippen LogP contribution < -0.4 is 0 Å². The Balaban J connectivity index is 1.35. The van der Waals surface area contributed by atoms with Gasteiger partial charge in [0.05, 0.1) is 17.1 Å². The first-order valence-electron chi connectivity index (χ1n) is 9.61. The summed E-state index contributed by atoms with van der Waals surface area (Å²) in [6.07, 6.45) is 3.62. The van der Waals surface area contributed by atoms with Gasteiger partial charge in [0.25, 0.3) is 11.8 Å². The van der Waals surface area contributed by atoms with E-state index in [-0.39, 0.29) is 22.4 Å². The van der Waals surface area contributed by atoms with Crippen LogP contribution in [0.5, 0.6) is 0 Å². The number of nitrogens with zero attached hydrogens (tertiary/aromatic N) is 4. The minimum absolute atomic E-state index is 0.0625. The predicted octanol–water partition coefficient (Wildman–Crippen LogP) is 3.32. The summed E-state index contributed by atoms with van der Waals surface area (Å²) in [6, 6.07) is 13.1. The van der Waals surface area contributed by atoms with Crippen LogP contribution in [0.3, 0.4) is 0 Å². The van der Waals surface area contributed by atoms with E-state index in [2.05, 4.69) is 5.10 Å². The van der Waals surface area contributed by atoms with Crippen LogP contribution in [0, 0.1) is 5.82 Å². The van der Waals surface area contributed by atoms with Gasteiger partial charge < -0.3 is 9.80 Å². The molecule has 30 heavy (non-hydrogen) atoms. The maximum atomic E-state index is 13.2. The minimum atomic E-state index is -0.484. The number of amides is 2. The number of hydrogen-bond acceptors (Lipinski definition) is 3. The van der Waals surface area contributed by atoms with Crippen LogP contribution in [-0.4, -0.2) is 57.6 Å². The van der Waals surface area contributed by atoms with Crippen LogP contribution in [0.15, 0.2) is 60.9 Å². The summed E-state index contributed by atoms with van der Waals surface area (Å²) in [5.74, 6) is -0.801. The molecule has 0 aliphatic carbocycles. The number of hydrogen-bond donors (Lipinski definition) is 0. The highest BCUT2D eigenvalue weighted by molar-refractivity contribution is 6.33. The Bertz CT molecular complexity index is 1050. The van der Waals surface area contributed by atoms with Gasteiger partial charge in [0.1, 0.15) is 5.82 Å². The van der Waals surface area contributed by atoms with Gasteiger partial charge in [-0.2, -0.15) is 5.10 Å². The third-order valence-electron chi connectivity index (χ3n) is 5.12. The third-order valence-corrected chi connectivity index (χ3v) is 5.43. The summed E-state index contributed by atoms with van der Waals surface area (Å²) in [6.45, 7) is 2.30. The van der Waals surface area contributed by atoms with Crippen LogP contribution in [0.4, 0.5) is 4.39 Å². The van der Waals surface area contributed by atoms with Gasteiger partial charge >= 0.3 is 0 Å². The molecular formula is C22H20ClFN4O2. The van der Waals surface area contributed by atoms with Crippen molar-refractivity contribution < 1.29 is 14.0 Å². The smallest absolute Gasteiger partial charge is 0.255 e. The van der Waals surface area contributed by atoms with Crippen molar-refractivity contribution >= 4 is 23.4 Å². The molecule has 0 radical (unpaired) electrons. The summed E-state index contributed by atoms with van der Waals surface area (Å²) in [5, 5.41) is 4.27. The molecule has 1 fully saturated rings. The highest BCUT2D eigenvalue weighted by Crippen LogP contribution is 2.20. The zero-order valence-corrected chi connectivity index (χ0v) is 16.9. The van der Waals surface area contributed by atoms with Gasteiger partial charge in [-0.3, -0.25) is 14.3 Å². The number of carbonyl (C=O) groups excluding carboxylic acids is 2. The fourth-order valence-corrected chi connectivity index (χ4v) is 3.71.